The van der Waals surface area contributed by atoms with E-state index in [-0.39, 0.29) is 11.9 Å². The molecule has 0 saturated carbocycles. The third-order valence-electron chi connectivity index (χ3n) is 2.65. The molecular weight excluding hydrogens is 189 g/mol. The van der Waals surface area contributed by atoms with Crippen LogP contribution >= 0.6 is 0 Å². The Kier molecular flexibility index (Phi) is 5.33. The van der Waals surface area contributed by atoms with Gasteiger partial charge >= 0.3 is 0 Å². The molecule has 1 aromatic rings. The SMILES string of the molecule is CCCCCCC(N)c1cccc(F)c1. The van der Waals surface area contributed by atoms with Crippen LogP contribution in [0.25, 0.3) is 0 Å². The molecule has 0 fully saturated rings. The summed E-state index contributed by atoms with van der Waals surface area (Å²) in [5.74, 6) is -0.198. The van der Waals surface area contributed by atoms with Gasteiger partial charge in [0.1, 0.15) is 5.82 Å². The van der Waals surface area contributed by atoms with Crippen molar-refractivity contribution in [1.29, 1.82) is 0 Å². The van der Waals surface area contributed by atoms with Crippen LogP contribution in [0.2, 0.25) is 0 Å². The second kappa shape index (κ2) is 6.57. The maximum atomic E-state index is 12.9. The first-order valence-corrected chi connectivity index (χ1v) is 5.75. The van der Waals surface area contributed by atoms with Gasteiger partial charge in [-0.25, -0.2) is 4.39 Å². The lowest BCUT2D eigenvalue weighted by Gasteiger charge is -2.11. The molecule has 2 N–H and O–H groups in total. The predicted molar refractivity (Wildman–Crippen MR) is 62.1 cm³/mol. The van der Waals surface area contributed by atoms with E-state index >= 15 is 0 Å². The standard InChI is InChI=1S/C13H20FN/c1-2-3-4-5-9-13(15)11-7-6-8-12(14)10-11/h6-8,10,13H,2-5,9,15H2,1H3. The van der Waals surface area contributed by atoms with Crippen molar-refractivity contribution in [2.75, 3.05) is 0 Å². The molecule has 1 atom stereocenters. The van der Waals surface area contributed by atoms with Crippen molar-refractivity contribution in [3.05, 3.63) is 35.6 Å². The molecule has 1 aromatic carbocycles. The van der Waals surface area contributed by atoms with Crippen molar-refractivity contribution >= 4 is 0 Å². The molecule has 84 valence electrons. The summed E-state index contributed by atoms with van der Waals surface area (Å²) in [6, 6.07) is 6.58. The van der Waals surface area contributed by atoms with Crippen LogP contribution in [0.5, 0.6) is 0 Å². The second-order valence-electron chi connectivity index (χ2n) is 4.01. The lowest BCUT2D eigenvalue weighted by molar-refractivity contribution is 0.560. The molecule has 0 spiro atoms. The fourth-order valence-electron chi connectivity index (χ4n) is 1.69. The summed E-state index contributed by atoms with van der Waals surface area (Å²) in [6.07, 6.45) is 5.79. The number of benzene rings is 1. The molecule has 0 radical (unpaired) electrons. The van der Waals surface area contributed by atoms with Crippen molar-refractivity contribution in [1.82, 2.24) is 0 Å². The van der Waals surface area contributed by atoms with Crippen molar-refractivity contribution in [2.45, 2.75) is 45.1 Å². The molecule has 0 aromatic heterocycles. The smallest absolute Gasteiger partial charge is 0.123 e. The molecule has 0 heterocycles. The molecule has 0 aliphatic rings. The molecule has 15 heavy (non-hydrogen) atoms. The highest BCUT2D eigenvalue weighted by molar-refractivity contribution is 5.19. The van der Waals surface area contributed by atoms with Gasteiger partial charge in [0.15, 0.2) is 0 Å². The van der Waals surface area contributed by atoms with Crippen LogP contribution in [-0.4, -0.2) is 0 Å². The fourth-order valence-corrected chi connectivity index (χ4v) is 1.69. The van der Waals surface area contributed by atoms with Gasteiger partial charge in [-0.1, -0.05) is 44.7 Å². The Morgan fingerprint density at radius 1 is 1.27 bits per heavy atom. The number of halogens is 1. The summed E-state index contributed by atoms with van der Waals surface area (Å²) >= 11 is 0. The second-order valence-corrected chi connectivity index (χ2v) is 4.01. The first-order valence-electron chi connectivity index (χ1n) is 5.75. The van der Waals surface area contributed by atoms with Crippen molar-refractivity contribution in [3.8, 4) is 0 Å². The van der Waals surface area contributed by atoms with E-state index in [1.165, 1.54) is 31.4 Å². The maximum absolute atomic E-state index is 12.9. The first kappa shape index (κ1) is 12.2. The molecule has 0 saturated heterocycles. The zero-order valence-corrected chi connectivity index (χ0v) is 9.38. The Bertz CT molecular complexity index is 286. The highest BCUT2D eigenvalue weighted by Crippen LogP contribution is 2.18. The lowest BCUT2D eigenvalue weighted by atomic mass is 10.0. The molecule has 0 bridgehead atoms. The van der Waals surface area contributed by atoms with E-state index in [1.54, 1.807) is 6.07 Å². The number of nitrogens with two attached hydrogens (primary N) is 1. The molecule has 1 rings (SSSR count). The lowest BCUT2D eigenvalue weighted by Crippen LogP contribution is -2.10. The van der Waals surface area contributed by atoms with E-state index in [1.807, 2.05) is 6.07 Å². The molecule has 0 aliphatic heterocycles. The first-order chi connectivity index (χ1) is 7.24. The highest BCUT2D eigenvalue weighted by atomic mass is 19.1. The third kappa shape index (κ3) is 4.43. The third-order valence-corrected chi connectivity index (χ3v) is 2.65. The quantitative estimate of drug-likeness (QED) is 0.709. The van der Waals surface area contributed by atoms with Crippen molar-refractivity contribution in [3.63, 3.8) is 0 Å². The van der Waals surface area contributed by atoms with Gasteiger partial charge in [0, 0.05) is 6.04 Å². The minimum absolute atomic E-state index is 0.0162. The maximum Gasteiger partial charge on any atom is 0.123 e. The summed E-state index contributed by atoms with van der Waals surface area (Å²) < 4.78 is 12.9. The average molecular weight is 209 g/mol. The minimum atomic E-state index is -0.198. The highest BCUT2D eigenvalue weighted by Gasteiger charge is 2.05. The van der Waals surface area contributed by atoms with E-state index in [4.69, 9.17) is 5.73 Å². The van der Waals surface area contributed by atoms with Crippen LogP contribution in [0.15, 0.2) is 24.3 Å². The van der Waals surface area contributed by atoms with Crippen molar-refractivity contribution < 1.29 is 4.39 Å². The predicted octanol–water partition coefficient (Wildman–Crippen LogP) is 3.80. The molecule has 0 aliphatic carbocycles. The van der Waals surface area contributed by atoms with Gasteiger partial charge in [-0.15, -0.1) is 0 Å². The Labute approximate surface area is 91.5 Å². The Morgan fingerprint density at radius 3 is 2.73 bits per heavy atom. The van der Waals surface area contributed by atoms with E-state index in [0.29, 0.717) is 0 Å². The number of hydrogen-bond donors (Lipinski definition) is 1. The van der Waals surface area contributed by atoms with Crippen LogP contribution in [0.1, 0.15) is 50.6 Å². The van der Waals surface area contributed by atoms with Crippen LogP contribution in [0.4, 0.5) is 4.39 Å². The van der Waals surface area contributed by atoms with E-state index in [2.05, 4.69) is 6.92 Å². The van der Waals surface area contributed by atoms with E-state index in [0.717, 1.165) is 18.4 Å². The largest absolute Gasteiger partial charge is 0.324 e. The molecule has 1 unspecified atom stereocenters. The van der Waals surface area contributed by atoms with Gasteiger partial charge in [-0.05, 0) is 24.1 Å². The summed E-state index contributed by atoms with van der Waals surface area (Å²) in [6.45, 7) is 2.19. The fraction of sp³-hybridized carbons (Fsp3) is 0.538. The minimum Gasteiger partial charge on any atom is -0.324 e. The zero-order chi connectivity index (χ0) is 11.1. The van der Waals surface area contributed by atoms with Crippen molar-refractivity contribution in [2.24, 2.45) is 5.73 Å². The monoisotopic (exact) mass is 209 g/mol. The molecule has 1 nitrogen and oxygen atoms in total. The van der Waals surface area contributed by atoms with Gasteiger partial charge < -0.3 is 5.73 Å². The Balaban J connectivity index is 2.36. The zero-order valence-electron chi connectivity index (χ0n) is 9.38. The summed E-state index contributed by atoms with van der Waals surface area (Å²) in [7, 11) is 0. The van der Waals surface area contributed by atoms with Crippen LogP contribution in [0.3, 0.4) is 0 Å². The summed E-state index contributed by atoms with van der Waals surface area (Å²) in [5.41, 5.74) is 6.89. The average Bonchev–Trinajstić information content (AvgIpc) is 2.24. The van der Waals surface area contributed by atoms with Gasteiger partial charge in [0.25, 0.3) is 0 Å². The Morgan fingerprint density at radius 2 is 2.07 bits per heavy atom. The normalized spacial score (nSPS) is 12.7. The van der Waals surface area contributed by atoms with E-state index in [9.17, 15) is 4.39 Å². The van der Waals surface area contributed by atoms with E-state index < -0.39 is 0 Å². The number of hydrogen-bond acceptors (Lipinski definition) is 1. The number of unbranched alkanes of at least 4 members (excludes halogenated alkanes) is 3. The topological polar surface area (TPSA) is 26.0 Å². The van der Waals surface area contributed by atoms with Gasteiger partial charge in [0.05, 0.1) is 0 Å². The Hall–Kier alpha value is -0.890. The van der Waals surface area contributed by atoms with Gasteiger partial charge in [0.2, 0.25) is 0 Å². The van der Waals surface area contributed by atoms with Crippen LogP contribution in [0, 0.1) is 5.82 Å². The van der Waals surface area contributed by atoms with Gasteiger partial charge in [-0.3, -0.25) is 0 Å². The summed E-state index contributed by atoms with van der Waals surface area (Å²) in [4.78, 5) is 0. The molecule has 0 amide bonds. The molecular formula is C13H20FN. The van der Waals surface area contributed by atoms with Gasteiger partial charge in [-0.2, -0.15) is 0 Å². The van der Waals surface area contributed by atoms with Crippen LogP contribution < -0.4 is 5.73 Å². The number of rotatable bonds is 6. The van der Waals surface area contributed by atoms with Crippen LogP contribution in [-0.2, 0) is 0 Å². The molecule has 2 heteroatoms. The summed E-state index contributed by atoms with van der Waals surface area (Å²) in [5, 5.41) is 0.